The van der Waals surface area contributed by atoms with Gasteiger partial charge in [0.1, 0.15) is 12.2 Å². The summed E-state index contributed by atoms with van der Waals surface area (Å²) in [5, 5.41) is 0. The van der Waals surface area contributed by atoms with Crippen LogP contribution in [0.5, 0.6) is 0 Å². The highest BCUT2D eigenvalue weighted by Gasteiger charge is 2.51. The molecule has 2 fully saturated rings. The summed E-state index contributed by atoms with van der Waals surface area (Å²) in [6.45, 7) is 4.02. The van der Waals surface area contributed by atoms with E-state index in [0.29, 0.717) is 6.42 Å². The Kier molecular flexibility index (Phi) is 11.5. The minimum absolute atomic E-state index is 0.00116. The van der Waals surface area contributed by atoms with Crippen molar-refractivity contribution in [1.29, 1.82) is 0 Å². The van der Waals surface area contributed by atoms with Gasteiger partial charge in [-0.3, -0.25) is 4.79 Å². The number of ether oxygens (including phenoxy) is 5. The number of hydrogen-bond acceptors (Lipinski definition) is 9. The van der Waals surface area contributed by atoms with E-state index in [9.17, 15) is 19.2 Å². The monoisotopic (exact) mass is 441 g/mol. The predicted octanol–water partition coefficient (Wildman–Crippen LogP) is 2.08. The molecular formula is C22H33O9. The van der Waals surface area contributed by atoms with E-state index in [0.717, 1.165) is 25.7 Å². The molecule has 4 atom stereocenters. The molecule has 0 spiro atoms. The third-order valence-corrected chi connectivity index (χ3v) is 5.38. The molecule has 0 aliphatic carbocycles. The standard InChI is InChI=1S/C22H33O9/c1-2-3-4-5-6-7-8-9-10-11-12-27-21(25)22(26)31-17-15-29-19-16(14-28-20(17)19)30-18(24)13-23/h13,16-17,19-20H,1-12,14-15H2/t16-,17-,19?,20?/m1/s1. The molecule has 2 aliphatic heterocycles. The van der Waals surface area contributed by atoms with E-state index in [-0.39, 0.29) is 26.1 Å². The average Bonchev–Trinajstić information content (AvgIpc) is 3.35. The van der Waals surface area contributed by atoms with Crippen LogP contribution in [0.4, 0.5) is 0 Å². The maximum atomic E-state index is 12.0. The van der Waals surface area contributed by atoms with Gasteiger partial charge in [0.05, 0.1) is 19.8 Å². The minimum atomic E-state index is -1.10. The van der Waals surface area contributed by atoms with Crippen LogP contribution < -0.4 is 0 Å². The van der Waals surface area contributed by atoms with Crippen LogP contribution >= 0.6 is 0 Å². The van der Waals surface area contributed by atoms with Crippen molar-refractivity contribution >= 4 is 24.2 Å². The Balaban J connectivity index is 1.53. The lowest BCUT2D eigenvalue weighted by Gasteiger charge is -2.16. The third-order valence-electron chi connectivity index (χ3n) is 5.38. The first-order valence-corrected chi connectivity index (χ1v) is 11.1. The molecule has 0 amide bonds. The van der Waals surface area contributed by atoms with Gasteiger partial charge in [0.15, 0.2) is 12.2 Å². The Bertz CT molecular complexity index is 592. The molecule has 2 aliphatic rings. The van der Waals surface area contributed by atoms with Gasteiger partial charge in [0, 0.05) is 0 Å². The van der Waals surface area contributed by atoms with E-state index < -0.39 is 42.3 Å². The number of esters is 3. The number of carbonyl (C=O) groups is 4. The molecule has 9 nitrogen and oxygen atoms in total. The zero-order valence-electron chi connectivity index (χ0n) is 18.0. The smallest absolute Gasteiger partial charge is 0.417 e. The summed E-state index contributed by atoms with van der Waals surface area (Å²) >= 11 is 0. The van der Waals surface area contributed by atoms with Crippen molar-refractivity contribution in [2.75, 3.05) is 19.8 Å². The quantitative estimate of drug-likeness (QED) is 0.131. The van der Waals surface area contributed by atoms with Crippen molar-refractivity contribution < 1.29 is 42.9 Å². The van der Waals surface area contributed by atoms with E-state index in [4.69, 9.17) is 23.7 Å². The Morgan fingerprint density at radius 3 is 1.84 bits per heavy atom. The molecule has 1 radical (unpaired) electrons. The van der Waals surface area contributed by atoms with Crippen LogP contribution in [-0.4, -0.2) is 68.4 Å². The lowest BCUT2D eigenvalue weighted by Crippen LogP contribution is -2.37. The van der Waals surface area contributed by atoms with E-state index in [2.05, 4.69) is 6.92 Å². The molecule has 9 heteroatoms. The van der Waals surface area contributed by atoms with Gasteiger partial charge in [-0.25, -0.2) is 14.4 Å². The van der Waals surface area contributed by atoms with Gasteiger partial charge < -0.3 is 23.7 Å². The molecule has 0 bridgehead atoms. The third kappa shape index (κ3) is 8.57. The molecule has 2 rings (SSSR count). The average molecular weight is 441 g/mol. The molecule has 0 aromatic heterocycles. The number of fused-ring (bicyclic) bond motifs is 1. The SMILES string of the molecule is [CH2]CCCCCCCCCCCOC(=O)C(=O)O[C@@H]1COC2C1OC[C@H]2OC(=O)C=O. The number of hydrogen-bond donors (Lipinski definition) is 0. The maximum absolute atomic E-state index is 12.0. The Morgan fingerprint density at radius 2 is 1.29 bits per heavy atom. The largest absolute Gasteiger partial charge is 0.457 e. The molecule has 2 unspecified atom stereocenters. The topological polar surface area (TPSA) is 114 Å². The summed E-state index contributed by atoms with van der Waals surface area (Å²) in [7, 11) is 0. The normalized spacial score (nSPS) is 24.4. The first kappa shape index (κ1) is 25.3. The molecule has 2 heterocycles. The molecule has 0 N–H and O–H groups in total. The van der Waals surface area contributed by atoms with Gasteiger partial charge in [0.25, 0.3) is 0 Å². The summed E-state index contributed by atoms with van der Waals surface area (Å²) < 4.78 is 25.9. The molecule has 2 saturated heterocycles. The molecular weight excluding hydrogens is 408 g/mol. The van der Waals surface area contributed by atoms with Crippen LogP contribution in [-0.2, 0) is 42.9 Å². The second-order valence-corrected chi connectivity index (χ2v) is 7.80. The van der Waals surface area contributed by atoms with Crippen molar-refractivity contribution in [3.05, 3.63) is 6.92 Å². The van der Waals surface area contributed by atoms with Crippen LogP contribution in [0, 0.1) is 6.92 Å². The van der Waals surface area contributed by atoms with E-state index >= 15 is 0 Å². The summed E-state index contributed by atoms with van der Waals surface area (Å²) in [4.78, 5) is 45.3. The van der Waals surface area contributed by atoms with Gasteiger partial charge >= 0.3 is 17.9 Å². The Morgan fingerprint density at radius 1 is 0.774 bits per heavy atom. The minimum Gasteiger partial charge on any atom is -0.457 e. The number of rotatable bonds is 14. The summed E-state index contributed by atoms with van der Waals surface area (Å²) in [5.74, 6) is -3.17. The van der Waals surface area contributed by atoms with Gasteiger partial charge in [-0.2, -0.15) is 0 Å². The summed E-state index contributed by atoms with van der Waals surface area (Å²) in [5.41, 5.74) is 0. The number of unbranched alkanes of at least 4 members (excludes halogenated alkanes) is 9. The molecule has 175 valence electrons. The fraction of sp³-hybridized carbons (Fsp3) is 0.773. The first-order valence-electron chi connectivity index (χ1n) is 11.1. The highest BCUT2D eigenvalue weighted by molar-refractivity contribution is 6.29. The predicted molar refractivity (Wildman–Crippen MR) is 108 cm³/mol. The zero-order chi connectivity index (χ0) is 22.5. The van der Waals surface area contributed by atoms with Crippen LogP contribution in [0.2, 0.25) is 0 Å². The lowest BCUT2D eigenvalue weighted by molar-refractivity contribution is -0.173. The highest BCUT2D eigenvalue weighted by atomic mass is 16.7. The highest BCUT2D eigenvalue weighted by Crippen LogP contribution is 2.30. The van der Waals surface area contributed by atoms with Gasteiger partial charge in [-0.15, -0.1) is 0 Å². The van der Waals surface area contributed by atoms with Gasteiger partial charge in [0.2, 0.25) is 6.29 Å². The molecule has 0 saturated carbocycles. The molecule has 31 heavy (non-hydrogen) atoms. The maximum Gasteiger partial charge on any atom is 0.417 e. The van der Waals surface area contributed by atoms with Crippen LogP contribution in [0.15, 0.2) is 0 Å². The van der Waals surface area contributed by atoms with Crippen LogP contribution in [0.3, 0.4) is 0 Å². The van der Waals surface area contributed by atoms with Gasteiger partial charge in [-0.05, 0) is 6.42 Å². The van der Waals surface area contributed by atoms with Crippen molar-refractivity contribution in [2.45, 2.75) is 88.6 Å². The van der Waals surface area contributed by atoms with E-state index in [1.54, 1.807) is 0 Å². The van der Waals surface area contributed by atoms with Crippen molar-refractivity contribution in [3.8, 4) is 0 Å². The van der Waals surface area contributed by atoms with E-state index in [1.165, 1.54) is 32.1 Å². The number of aldehydes is 1. The second-order valence-electron chi connectivity index (χ2n) is 7.80. The number of carbonyl (C=O) groups excluding carboxylic acids is 4. The fourth-order valence-electron chi connectivity index (χ4n) is 3.73. The van der Waals surface area contributed by atoms with Gasteiger partial charge in [-0.1, -0.05) is 64.7 Å². The van der Waals surface area contributed by atoms with Crippen LogP contribution in [0.25, 0.3) is 0 Å². The molecule has 0 aromatic carbocycles. The summed E-state index contributed by atoms with van der Waals surface area (Å²) in [6, 6.07) is 0. The summed E-state index contributed by atoms with van der Waals surface area (Å²) in [6.07, 6.45) is 8.24. The van der Waals surface area contributed by atoms with Crippen LogP contribution in [0.1, 0.15) is 64.2 Å². The second kappa shape index (κ2) is 14.1. The van der Waals surface area contributed by atoms with Crippen molar-refractivity contribution in [3.63, 3.8) is 0 Å². The first-order chi connectivity index (χ1) is 15.1. The Labute approximate surface area is 183 Å². The fourth-order valence-corrected chi connectivity index (χ4v) is 3.73. The lowest BCUT2D eigenvalue weighted by atomic mass is 10.1. The van der Waals surface area contributed by atoms with Crippen molar-refractivity contribution in [1.82, 2.24) is 0 Å². The zero-order valence-corrected chi connectivity index (χ0v) is 18.0. The Hall–Kier alpha value is -2.00. The molecule has 0 aromatic rings. The van der Waals surface area contributed by atoms with Crippen molar-refractivity contribution in [2.24, 2.45) is 0 Å². The van der Waals surface area contributed by atoms with E-state index in [1.807, 2.05) is 0 Å².